The Kier molecular flexibility index (Phi) is 4.63. The highest BCUT2D eigenvalue weighted by atomic mass is 16.6. The molecule has 4 rings (SSSR count). The van der Waals surface area contributed by atoms with Gasteiger partial charge >= 0.3 is 0 Å². The Morgan fingerprint density at radius 1 is 0.893 bits per heavy atom. The maximum Gasteiger partial charge on any atom is 0.286 e. The molecule has 0 saturated heterocycles. The van der Waals surface area contributed by atoms with E-state index < -0.39 is 10.8 Å². The number of anilines is 1. The first-order chi connectivity index (χ1) is 13.6. The molecule has 7 nitrogen and oxygen atoms in total. The number of nitro groups is 1. The third-order valence-corrected chi connectivity index (χ3v) is 4.35. The molecule has 0 saturated carbocycles. The summed E-state index contributed by atoms with van der Waals surface area (Å²) in [7, 11) is 0. The Bertz CT molecular complexity index is 1030. The minimum absolute atomic E-state index is 0.0821. The lowest BCUT2D eigenvalue weighted by Gasteiger charge is -2.18. The third-order valence-electron chi connectivity index (χ3n) is 4.35. The second-order valence-electron chi connectivity index (χ2n) is 6.17. The summed E-state index contributed by atoms with van der Waals surface area (Å²) in [6, 6.07) is 19.7. The number of carbonyl (C=O) groups is 1. The van der Waals surface area contributed by atoms with Crippen molar-refractivity contribution in [3.8, 4) is 22.6 Å². The van der Waals surface area contributed by atoms with Crippen LogP contribution in [0.4, 0.5) is 11.4 Å². The number of nitro benzene ring substituents is 1. The molecule has 0 unspecified atom stereocenters. The summed E-state index contributed by atoms with van der Waals surface area (Å²) in [4.78, 5) is 23.5. The van der Waals surface area contributed by atoms with Crippen LogP contribution in [0.3, 0.4) is 0 Å². The molecular formula is C21H16N2O5. The average Bonchev–Trinajstić information content (AvgIpc) is 2.74. The highest BCUT2D eigenvalue weighted by Crippen LogP contribution is 2.37. The highest BCUT2D eigenvalue weighted by molar-refractivity contribution is 6.07. The number of ether oxygens (including phenoxy) is 2. The summed E-state index contributed by atoms with van der Waals surface area (Å²) in [5.74, 6) is -0.000672. The molecule has 0 aliphatic carbocycles. The van der Waals surface area contributed by atoms with E-state index >= 15 is 0 Å². The largest absolute Gasteiger partial charge is 0.486 e. The van der Waals surface area contributed by atoms with E-state index in [9.17, 15) is 14.9 Å². The zero-order valence-electron chi connectivity index (χ0n) is 14.8. The Labute approximate surface area is 160 Å². The summed E-state index contributed by atoms with van der Waals surface area (Å²) in [6.07, 6.45) is 0. The minimum Gasteiger partial charge on any atom is -0.486 e. The number of nitrogens with zero attached hydrogens (tertiary/aromatic N) is 1. The van der Waals surface area contributed by atoms with Crippen molar-refractivity contribution in [2.45, 2.75) is 0 Å². The van der Waals surface area contributed by atoms with E-state index in [1.165, 1.54) is 12.1 Å². The average molecular weight is 376 g/mol. The topological polar surface area (TPSA) is 90.7 Å². The molecule has 1 N–H and O–H groups in total. The van der Waals surface area contributed by atoms with E-state index in [1.807, 2.05) is 42.5 Å². The molecule has 0 aromatic heterocycles. The molecular weight excluding hydrogens is 360 g/mol. The normalized spacial score (nSPS) is 12.3. The van der Waals surface area contributed by atoms with Gasteiger partial charge in [0.15, 0.2) is 11.5 Å². The van der Waals surface area contributed by atoms with Crippen LogP contribution in [0.5, 0.6) is 11.5 Å². The minimum atomic E-state index is -0.605. The molecule has 0 fully saturated rings. The lowest BCUT2D eigenvalue weighted by molar-refractivity contribution is -0.385. The molecule has 1 aliphatic heterocycles. The quantitative estimate of drug-likeness (QED) is 0.542. The number of hydrogen-bond acceptors (Lipinski definition) is 5. The van der Waals surface area contributed by atoms with Gasteiger partial charge in [0.05, 0.1) is 11.0 Å². The molecule has 140 valence electrons. The van der Waals surface area contributed by atoms with Gasteiger partial charge in [0.2, 0.25) is 0 Å². The van der Waals surface area contributed by atoms with Gasteiger partial charge in [0, 0.05) is 11.8 Å². The molecule has 3 aromatic rings. The number of hydrogen-bond donors (Lipinski definition) is 1. The van der Waals surface area contributed by atoms with E-state index in [-0.39, 0.29) is 17.0 Å². The first-order valence-electron chi connectivity index (χ1n) is 8.67. The van der Waals surface area contributed by atoms with Crippen LogP contribution in [0.2, 0.25) is 0 Å². The van der Waals surface area contributed by atoms with Gasteiger partial charge in [-0.1, -0.05) is 42.5 Å². The zero-order valence-corrected chi connectivity index (χ0v) is 14.8. The Morgan fingerprint density at radius 3 is 2.14 bits per heavy atom. The fourth-order valence-electron chi connectivity index (χ4n) is 2.99. The zero-order chi connectivity index (χ0) is 19.5. The second-order valence-corrected chi connectivity index (χ2v) is 6.17. The molecule has 7 heteroatoms. The Hall–Kier alpha value is -3.87. The van der Waals surface area contributed by atoms with Crippen molar-refractivity contribution in [3.63, 3.8) is 0 Å². The molecule has 0 bridgehead atoms. The van der Waals surface area contributed by atoms with Gasteiger partial charge in [0.1, 0.15) is 18.8 Å². The molecule has 1 heterocycles. The second kappa shape index (κ2) is 7.40. The molecule has 0 radical (unpaired) electrons. The van der Waals surface area contributed by atoms with Crippen molar-refractivity contribution in [2.75, 3.05) is 18.5 Å². The van der Waals surface area contributed by atoms with Crippen molar-refractivity contribution in [3.05, 3.63) is 82.4 Å². The molecule has 3 aromatic carbocycles. The van der Waals surface area contributed by atoms with E-state index in [1.54, 1.807) is 12.1 Å². The Morgan fingerprint density at radius 2 is 1.50 bits per heavy atom. The van der Waals surface area contributed by atoms with Crippen molar-refractivity contribution >= 4 is 17.3 Å². The van der Waals surface area contributed by atoms with Gasteiger partial charge in [-0.3, -0.25) is 14.9 Å². The summed E-state index contributed by atoms with van der Waals surface area (Å²) in [6.45, 7) is 0.635. The summed E-state index contributed by atoms with van der Waals surface area (Å²) in [5, 5.41) is 14.1. The smallest absolute Gasteiger partial charge is 0.286 e. The number of amides is 1. The maximum atomic E-state index is 12.7. The third kappa shape index (κ3) is 3.50. The predicted molar refractivity (Wildman–Crippen MR) is 104 cm³/mol. The van der Waals surface area contributed by atoms with Crippen LogP contribution in [0, 0.1) is 10.1 Å². The highest BCUT2D eigenvalue weighted by Gasteiger charge is 2.26. The lowest BCUT2D eigenvalue weighted by Crippen LogP contribution is -2.18. The molecule has 1 aliphatic rings. The van der Waals surface area contributed by atoms with Crippen LogP contribution in [-0.4, -0.2) is 24.0 Å². The summed E-state index contributed by atoms with van der Waals surface area (Å²) >= 11 is 0. The van der Waals surface area contributed by atoms with Gasteiger partial charge in [0.25, 0.3) is 11.6 Å². The van der Waals surface area contributed by atoms with Crippen molar-refractivity contribution in [1.29, 1.82) is 0 Å². The van der Waals surface area contributed by atoms with Crippen LogP contribution in [0.15, 0.2) is 66.7 Å². The van der Waals surface area contributed by atoms with E-state index in [0.29, 0.717) is 24.7 Å². The van der Waals surface area contributed by atoms with Crippen molar-refractivity contribution < 1.29 is 19.2 Å². The van der Waals surface area contributed by atoms with E-state index in [2.05, 4.69) is 5.32 Å². The van der Waals surface area contributed by atoms with Crippen molar-refractivity contribution in [2.24, 2.45) is 0 Å². The Balaban J connectivity index is 1.59. The number of nitrogens with one attached hydrogen (secondary N) is 1. The monoisotopic (exact) mass is 376 g/mol. The number of fused-ring (bicyclic) bond motifs is 1. The lowest BCUT2D eigenvalue weighted by atomic mass is 10.1. The van der Waals surface area contributed by atoms with Crippen LogP contribution < -0.4 is 14.8 Å². The standard InChI is InChI=1S/C21H16N2O5/c24-21(17-12-19-20(28-11-10-27-19)13-18(17)23(25)26)22-16-8-6-15(7-9-16)14-4-2-1-3-5-14/h1-9,12-13H,10-11H2,(H,22,24). The fourth-order valence-corrected chi connectivity index (χ4v) is 2.99. The molecule has 1 amide bonds. The van der Waals surface area contributed by atoms with Crippen LogP contribution in [0.1, 0.15) is 10.4 Å². The first kappa shape index (κ1) is 17.5. The predicted octanol–water partition coefficient (Wildman–Crippen LogP) is 4.29. The van der Waals surface area contributed by atoms with Gasteiger partial charge in [-0.2, -0.15) is 0 Å². The van der Waals surface area contributed by atoms with E-state index in [4.69, 9.17) is 9.47 Å². The maximum absolute atomic E-state index is 12.7. The van der Waals surface area contributed by atoms with E-state index in [0.717, 1.165) is 11.1 Å². The van der Waals surface area contributed by atoms with Gasteiger partial charge in [-0.05, 0) is 23.3 Å². The summed E-state index contributed by atoms with van der Waals surface area (Å²) in [5.41, 5.74) is 2.18. The first-order valence-corrected chi connectivity index (χ1v) is 8.67. The van der Waals surface area contributed by atoms with Gasteiger partial charge < -0.3 is 14.8 Å². The molecule has 28 heavy (non-hydrogen) atoms. The van der Waals surface area contributed by atoms with Crippen molar-refractivity contribution in [1.82, 2.24) is 0 Å². The molecule has 0 spiro atoms. The number of carbonyl (C=O) groups excluding carboxylic acids is 1. The number of benzene rings is 3. The SMILES string of the molecule is O=C(Nc1ccc(-c2ccccc2)cc1)c1cc2c(cc1[N+](=O)[O-])OCCO2. The van der Waals surface area contributed by atoms with Crippen LogP contribution >= 0.6 is 0 Å². The van der Waals surface area contributed by atoms with Gasteiger partial charge in [-0.15, -0.1) is 0 Å². The van der Waals surface area contributed by atoms with Gasteiger partial charge in [-0.25, -0.2) is 0 Å². The van der Waals surface area contributed by atoms with Crippen LogP contribution in [0.25, 0.3) is 11.1 Å². The fraction of sp³-hybridized carbons (Fsp3) is 0.0952. The summed E-state index contributed by atoms with van der Waals surface area (Å²) < 4.78 is 10.8. The number of rotatable bonds is 4. The van der Waals surface area contributed by atoms with Crippen LogP contribution in [-0.2, 0) is 0 Å². The molecule has 0 atom stereocenters.